The molecule has 0 fully saturated rings. The van der Waals surface area contributed by atoms with Crippen LogP contribution in [0.1, 0.15) is 18.5 Å². The van der Waals surface area contributed by atoms with Crippen LogP contribution in [-0.2, 0) is 11.3 Å². The van der Waals surface area contributed by atoms with Gasteiger partial charge in [0.05, 0.1) is 28.9 Å². The van der Waals surface area contributed by atoms with E-state index in [1.807, 2.05) is 76.2 Å². The third kappa shape index (κ3) is 3.85. The maximum Gasteiger partial charge on any atom is 0.240 e. The van der Waals surface area contributed by atoms with Gasteiger partial charge in [-0.2, -0.15) is 0 Å². The maximum atomic E-state index is 12.9. The smallest absolute Gasteiger partial charge is 0.240 e. The van der Waals surface area contributed by atoms with Crippen molar-refractivity contribution >= 4 is 28.3 Å². The third-order valence-corrected chi connectivity index (χ3v) is 5.78. The van der Waals surface area contributed by atoms with Gasteiger partial charge in [-0.1, -0.05) is 24.3 Å². The molecule has 0 bridgehead atoms. The lowest BCUT2D eigenvalue weighted by Gasteiger charge is -2.16. The second-order valence-electron chi connectivity index (χ2n) is 7.23. The van der Waals surface area contributed by atoms with Crippen LogP contribution in [0.2, 0.25) is 0 Å². The number of nitrogens with zero attached hydrogens (tertiary/aromatic N) is 5. The average molecular weight is 429 g/mol. The summed E-state index contributed by atoms with van der Waals surface area (Å²) >= 11 is 1.51. The van der Waals surface area contributed by atoms with Crippen LogP contribution in [-0.4, -0.2) is 30.0 Å². The number of para-hydroxylation sites is 2. The van der Waals surface area contributed by atoms with E-state index in [9.17, 15) is 4.79 Å². The number of amides is 1. The molecule has 5 aromatic rings. The summed E-state index contributed by atoms with van der Waals surface area (Å²) < 4.78 is 3.87. The van der Waals surface area contributed by atoms with Gasteiger partial charge in [0.15, 0.2) is 5.82 Å². The predicted octanol–water partition coefficient (Wildman–Crippen LogP) is 4.22. The minimum Gasteiger partial charge on any atom is -0.348 e. The fourth-order valence-corrected chi connectivity index (χ4v) is 4.15. The van der Waals surface area contributed by atoms with Crippen LogP contribution in [0.15, 0.2) is 78.1 Å². The van der Waals surface area contributed by atoms with Crippen molar-refractivity contribution < 1.29 is 4.79 Å². The van der Waals surface area contributed by atoms with Gasteiger partial charge in [0.25, 0.3) is 0 Å². The molecule has 0 saturated carbocycles. The lowest BCUT2D eigenvalue weighted by molar-refractivity contribution is -0.122. The van der Waals surface area contributed by atoms with Crippen molar-refractivity contribution in [2.24, 2.45) is 0 Å². The molecule has 1 unspecified atom stereocenters. The van der Waals surface area contributed by atoms with Gasteiger partial charge in [-0.3, -0.25) is 4.79 Å². The second kappa shape index (κ2) is 8.16. The summed E-state index contributed by atoms with van der Waals surface area (Å²) in [6, 6.07) is 15.8. The Balaban J connectivity index is 1.35. The molecule has 0 spiro atoms. The number of fused-ring (bicyclic) bond motifs is 1. The van der Waals surface area contributed by atoms with E-state index in [-0.39, 0.29) is 18.5 Å². The summed E-state index contributed by atoms with van der Waals surface area (Å²) in [6.07, 6.45) is 5.40. The van der Waals surface area contributed by atoms with Crippen LogP contribution in [0.3, 0.4) is 0 Å². The lowest BCUT2D eigenvalue weighted by atomic mass is 10.1. The molecule has 0 aliphatic carbocycles. The molecule has 0 aliphatic rings. The Bertz CT molecular complexity index is 1310. The van der Waals surface area contributed by atoms with Crippen molar-refractivity contribution in [3.8, 4) is 17.2 Å². The van der Waals surface area contributed by atoms with Crippen molar-refractivity contribution in [3.05, 3.63) is 83.7 Å². The van der Waals surface area contributed by atoms with E-state index in [2.05, 4.69) is 15.3 Å². The predicted molar refractivity (Wildman–Crippen MR) is 121 cm³/mol. The molecule has 1 atom stereocenters. The third-order valence-electron chi connectivity index (χ3n) is 5.19. The van der Waals surface area contributed by atoms with Gasteiger partial charge < -0.3 is 14.5 Å². The zero-order valence-electron chi connectivity index (χ0n) is 16.8. The summed E-state index contributed by atoms with van der Waals surface area (Å²) in [5.74, 6) is 0.626. The minimum absolute atomic E-state index is 0.0779. The van der Waals surface area contributed by atoms with Crippen LogP contribution in [0, 0.1) is 0 Å². The van der Waals surface area contributed by atoms with E-state index < -0.39 is 0 Å². The number of thiazole rings is 1. The summed E-state index contributed by atoms with van der Waals surface area (Å²) in [5, 5.41) is 5.05. The number of carbonyl (C=O) groups is 1. The molecule has 5 rings (SSSR count). The van der Waals surface area contributed by atoms with Gasteiger partial charge >= 0.3 is 0 Å². The second-order valence-corrected chi connectivity index (χ2v) is 7.95. The molecule has 0 saturated heterocycles. The fourth-order valence-electron chi connectivity index (χ4n) is 3.62. The molecule has 154 valence electrons. The van der Waals surface area contributed by atoms with Gasteiger partial charge in [0.1, 0.15) is 12.2 Å². The van der Waals surface area contributed by atoms with Gasteiger partial charge in [-0.25, -0.2) is 15.0 Å². The Hall–Kier alpha value is -3.78. The van der Waals surface area contributed by atoms with Gasteiger partial charge in [0.2, 0.25) is 5.91 Å². The van der Waals surface area contributed by atoms with Gasteiger partial charge in [-0.05, 0) is 36.8 Å². The number of rotatable bonds is 6. The van der Waals surface area contributed by atoms with Gasteiger partial charge in [-0.15, -0.1) is 11.3 Å². The summed E-state index contributed by atoms with van der Waals surface area (Å²) in [6.45, 7) is 2.16. The van der Waals surface area contributed by atoms with Crippen LogP contribution in [0.25, 0.3) is 28.2 Å². The largest absolute Gasteiger partial charge is 0.348 e. The number of hydrogen-bond acceptors (Lipinski definition) is 5. The van der Waals surface area contributed by atoms with E-state index in [1.165, 1.54) is 11.3 Å². The number of hydrogen-bond donors (Lipinski definition) is 1. The number of nitrogens with one attached hydrogen (secondary N) is 1. The first-order valence-electron chi connectivity index (χ1n) is 9.90. The molecule has 8 heteroatoms. The molecule has 31 heavy (non-hydrogen) atoms. The highest BCUT2D eigenvalue weighted by molar-refractivity contribution is 7.07. The Morgan fingerprint density at radius 1 is 1.16 bits per heavy atom. The summed E-state index contributed by atoms with van der Waals surface area (Å²) in [5.41, 5.74) is 6.37. The molecule has 3 heterocycles. The Kier molecular flexibility index (Phi) is 5.05. The zero-order valence-corrected chi connectivity index (χ0v) is 17.7. The first-order chi connectivity index (χ1) is 15.2. The summed E-state index contributed by atoms with van der Waals surface area (Å²) in [4.78, 5) is 26.1. The molecule has 3 aromatic heterocycles. The van der Waals surface area contributed by atoms with E-state index >= 15 is 0 Å². The van der Waals surface area contributed by atoms with Crippen molar-refractivity contribution in [2.45, 2.75) is 19.5 Å². The molecule has 7 nitrogen and oxygen atoms in total. The number of aromatic nitrogens is 5. The topological polar surface area (TPSA) is 77.6 Å². The lowest BCUT2D eigenvalue weighted by Crippen LogP contribution is -2.30. The average Bonchev–Trinajstić information content (AvgIpc) is 3.55. The van der Waals surface area contributed by atoms with Crippen LogP contribution in [0.4, 0.5) is 0 Å². The number of carbonyl (C=O) groups excluding carboxylic acids is 1. The first kappa shape index (κ1) is 19.2. The van der Waals surface area contributed by atoms with E-state index in [0.29, 0.717) is 5.82 Å². The molecule has 1 N–H and O–H groups in total. The molecule has 2 aromatic carbocycles. The van der Waals surface area contributed by atoms with Gasteiger partial charge in [0, 0.05) is 23.5 Å². The highest BCUT2D eigenvalue weighted by Crippen LogP contribution is 2.25. The highest BCUT2D eigenvalue weighted by Gasteiger charge is 2.17. The standard InChI is InChI=1S/C23H20N6OS/c1-16(17-6-8-18(9-7-17)28-11-10-24-14-28)26-22(30)12-29-21-5-3-2-4-19(21)27-23(29)20-13-31-15-25-20/h2-11,13-16H,12H2,1H3,(H,26,30). The molecule has 0 aliphatic heterocycles. The molecule has 0 radical (unpaired) electrons. The van der Waals surface area contributed by atoms with E-state index in [0.717, 1.165) is 28.0 Å². The number of imidazole rings is 2. The molecular weight excluding hydrogens is 408 g/mol. The normalized spacial score (nSPS) is 12.2. The first-order valence-corrected chi connectivity index (χ1v) is 10.8. The van der Waals surface area contributed by atoms with Crippen molar-refractivity contribution in [2.75, 3.05) is 0 Å². The molecular formula is C23H20N6OS. The highest BCUT2D eigenvalue weighted by atomic mass is 32.1. The van der Waals surface area contributed by atoms with Crippen LogP contribution in [0.5, 0.6) is 0 Å². The van der Waals surface area contributed by atoms with Crippen molar-refractivity contribution in [3.63, 3.8) is 0 Å². The van der Waals surface area contributed by atoms with E-state index in [1.54, 1.807) is 18.0 Å². The number of benzene rings is 2. The Morgan fingerprint density at radius 3 is 2.74 bits per heavy atom. The minimum atomic E-state index is -0.123. The quantitative estimate of drug-likeness (QED) is 0.439. The van der Waals surface area contributed by atoms with E-state index in [4.69, 9.17) is 4.98 Å². The van der Waals surface area contributed by atoms with Crippen molar-refractivity contribution in [1.29, 1.82) is 0 Å². The monoisotopic (exact) mass is 428 g/mol. The maximum absolute atomic E-state index is 12.9. The zero-order chi connectivity index (χ0) is 21.2. The fraction of sp³-hybridized carbons (Fsp3) is 0.130. The molecule has 1 amide bonds. The Morgan fingerprint density at radius 2 is 2.00 bits per heavy atom. The van der Waals surface area contributed by atoms with Crippen LogP contribution >= 0.6 is 11.3 Å². The SMILES string of the molecule is CC(NC(=O)Cn1c(-c2cscn2)nc2ccccc21)c1ccc(-n2ccnc2)cc1. The van der Waals surface area contributed by atoms with Crippen molar-refractivity contribution in [1.82, 2.24) is 29.4 Å². The summed E-state index contributed by atoms with van der Waals surface area (Å²) in [7, 11) is 0. The Labute approximate surface area is 183 Å². The van der Waals surface area contributed by atoms with Crippen LogP contribution < -0.4 is 5.32 Å².